The van der Waals surface area contributed by atoms with Crippen molar-refractivity contribution in [2.24, 2.45) is 4.99 Å². The second-order valence-corrected chi connectivity index (χ2v) is 15.6. The number of nitrogens with zero attached hydrogens (tertiary/aromatic N) is 1. The average Bonchev–Trinajstić information content (AvgIpc) is 3.25. The molecule has 10 heteroatoms. The van der Waals surface area contributed by atoms with Gasteiger partial charge in [0.15, 0.2) is 6.61 Å². The van der Waals surface area contributed by atoms with Gasteiger partial charge in [0.25, 0.3) is 0 Å². The Balaban J connectivity index is 0.000000323. The summed E-state index contributed by atoms with van der Waals surface area (Å²) < 4.78 is 43.6. The minimum atomic E-state index is -0.400. The van der Waals surface area contributed by atoms with Crippen molar-refractivity contribution in [3.05, 3.63) is 173 Å². The van der Waals surface area contributed by atoms with Gasteiger partial charge in [0.2, 0.25) is 0 Å². The van der Waals surface area contributed by atoms with Gasteiger partial charge in [-0.2, -0.15) is 0 Å². The van der Waals surface area contributed by atoms with Crippen molar-refractivity contribution in [3.63, 3.8) is 0 Å². The van der Waals surface area contributed by atoms with Gasteiger partial charge >= 0.3 is 35.5 Å². The number of fused-ring (bicyclic) bond motifs is 2. The van der Waals surface area contributed by atoms with Crippen LogP contribution >= 0.6 is 0 Å². The number of aryl methyl sites for hydroxylation is 2. The zero-order chi connectivity index (χ0) is 41.8. The number of carbonyl (C=O) groups is 1. The third-order valence-corrected chi connectivity index (χ3v) is 10.7. The summed E-state index contributed by atoms with van der Waals surface area (Å²) in [5.74, 6) is 0.969. The van der Waals surface area contributed by atoms with Gasteiger partial charge in [0.05, 0.1) is 18.4 Å². The number of rotatable bonds is 12. The van der Waals surface area contributed by atoms with Crippen molar-refractivity contribution in [1.29, 1.82) is 0 Å². The van der Waals surface area contributed by atoms with Gasteiger partial charge in [-0.3, -0.25) is 4.99 Å². The van der Waals surface area contributed by atoms with E-state index in [9.17, 15) is 13.6 Å². The maximum atomic E-state index is 13.7. The number of hydrogen-bond acceptors (Lipinski definition) is 6. The van der Waals surface area contributed by atoms with Crippen LogP contribution in [0.5, 0.6) is 11.5 Å². The van der Waals surface area contributed by atoms with E-state index >= 15 is 0 Å². The molecule has 1 atom stereocenters. The minimum absolute atomic E-state index is 0. The number of aliphatic hydroxyl groups excluding tert-OH is 1. The molecule has 0 bridgehead atoms. The molecule has 0 saturated carbocycles. The molecule has 2 aliphatic rings. The maximum absolute atomic E-state index is 13.7. The molecule has 0 fully saturated rings. The minimum Gasteiger partial charge on any atom is -1.00 e. The van der Waals surface area contributed by atoms with Crippen LogP contribution in [-0.2, 0) is 28.8 Å². The molecule has 6 aromatic carbocycles. The molecular formula is C53H56BF2NNaO5. The molecule has 1 N–H and O–H groups in total. The zero-order valence-corrected chi connectivity index (χ0v) is 37.8. The standard InChI is InChI=1S/C27H26FNO3.C25H25FO2.CH4.B.Na.H/c1-18(2)32-27(30)17-31-24-10-5-9-23(16-24)29-26-11-4-6-19-12-13-21(15-25(19)26)20-7-3-8-22(28)14-20;26-23-8-3-6-20(16-23)21-11-10-19-5-2-7-22(25(19)17-21)14-18-4-1-9-24(15-18)28-13-12-27;;;;/h3,5,7-10,12-16,18H,4,6,11,17H2,1-2H3;1,3-4,6,8-11,15-17,22,27H,2,5,7,12-14H2;1H4;;;/q;;;;+1;-1. The third kappa shape index (κ3) is 14.2. The zero-order valence-electron chi connectivity index (χ0n) is 36.8. The van der Waals surface area contributed by atoms with Crippen molar-refractivity contribution >= 4 is 25.8 Å². The molecule has 1 unspecified atom stereocenters. The van der Waals surface area contributed by atoms with Crippen LogP contribution in [0.15, 0.2) is 138 Å². The summed E-state index contributed by atoms with van der Waals surface area (Å²) in [6.07, 6.45) is 7.13. The summed E-state index contributed by atoms with van der Waals surface area (Å²) in [7, 11) is 0. The average molecular weight is 859 g/mol. The van der Waals surface area contributed by atoms with Gasteiger partial charge < -0.3 is 20.7 Å². The van der Waals surface area contributed by atoms with Crippen molar-refractivity contribution in [1.82, 2.24) is 0 Å². The number of hydrogen-bond donors (Lipinski definition) is 1. The molecule has 0 aromatic heterocycles. The Hall–Kier alpha value is -5.06. The first-order valence-corrected chi connectivity index (χ1v) is 20.8. The number of ether oxygens (including phenoxy) is 3. The van der Waals surface area contributed by atoms with E-state index in [4.69, 9.17) is 24.3 Å². The number of carbonyl (C=O) groups excluding carboxylic acids is 1. The fourth-order valence-electron chi connectivity index (χ4n) is 8.01. The SMILES string of the molecule is C.CC(C)OC(=O)COc1cccc(N=C2CCCc3ccc(-c4cccc(F)c4)cc32)c1.OCCOc1cccc(CC2CCCc3ccc(-c4cccc(F)c4)cc32)c1.[B].[H-].[Na+]. The number of benzene rings is 6. The van der Waals surface area contributed by atoms with E-state index in [0.717, 1.165) is 83.5 Å². The molecule has 6 nitrogen and oxygen atoms in total. The van der Waals surface area contributed by atoms with E-state index in [1.165, 1.54) is 40.8 Å². The van der Waals surface area contributed by atoms with E-state index < -0.39 is 5.97 Å². The van der Waals surface area contributed by atoms with Crippen LogP contribution in [0.3, 0.4) is 0 Å². The summed E-state index contributed by atoms with van der Waals surface area (Å²) in [5, 5.41) is 8.96. The summed E-state index contributed by atoms with van der Waals surface area (Å²) in [6.45, 7) is 3.79. The number of esters is 1. The largest absolute Gasteiger partial charge is 1.00 e. The molecule has 321 valence electrons. The second kappa shape index (κ2) is 24.7. The Morgan fingerprint density at radius 2 is 1.35 bits per heavy atom. The Labute approximate surface area is 397 Å². The molecule has 0 spiro atoms. The van der Waals surface area contributed by atoms with Crippen LogP contribution in [0.25, 0.3) is 22.3 Å². The Bertz CT molecular complexity index is 2460. The van der Waals surface area contributed by atoms with E-state index in [0.29, 0.717) is 18.3 Å². The molecule has 0 amide bonds. The van der Waals surface area contributed by atoms with Crippen molar-refractivity contribution < 1.29 is 63.9 Å². The number of aliphatic imine (C=N–C) groups is 1. The van der Waals surface area contributed by atoms with Crippen LogP contribution in [0.4, 0.5) is 14.5 Å². The predicted molar refractivity (Wildman–Crippen MR) is 248 cm³/mol. The third-order valence-electron chi connectivity index (χ3n) is 10.7. The van der Waals surface area contributed by atoms with Crippen molar-refractivity contribution in [2.75, 3.05) is 19.8 Å². The maximum Gasteiger partial charge on any atom is 1.00 e. The normalized spacial score (nSPS) is 14.3. The number of halogens is 2. The van der Waals surface area contributed by atoms with Crippen LogP contribution in [0.1, 0.15) is 82.1 Å². The van der Waals surface area contributed by atoms with Gasteiger partial charge in [-0.25, -0.2) is 13.6 Å². The van der Waals surface area contributed by atoms with Crippen LogP contribution < -0.4 is 39.0 Å². The molecule has 0 saturated heterocycles. The van der Waals surface area contributed by atoms with Crippen molar-refractivity contribution in [2.45, 2.75) is 78.2 Å². The summed E-state index contributed by atoms with van der Waals surface area (Å²) in [5.41, 5.74) is 12.0. The summed E-state index contributed by atoms with van der Waals surface area (Å²) in [6, 6.07) is 41.8. The molecule has 63 heavy (non-hydrogen) atoms. The van der Waals surface area contributed by atoms with Crippen LogP contribution in [0.2, 0.25) is 0 Å². The molecule has 2 aliphatic carbocycles. The van der Waals surface area contributed by atoms with Gasteiger partial charge in [-0.1, -0.05) is 80.2 Å². The smallest absolute Gasteiger partial charge is 1.00 e. The fourth-order valence-corrected chi connectivity index (χ4v) is 8.01. The van der Waals surface area contributed by atoms with Crippen molar-refractivity contribution in [3.8, 4) is 33.8 Å². The number of aliphatic hydroxyl groups is 1. The van der Waals surface area contributed by atoms with E-state index in [-0.39, 0.29) is 77.8 Å². The van der Waals surface area contributed by atoms with Gasteiger partial charge in [-0.05, 0) is 169 Å². The second-order valence-electron chi connectivity index (χ2n) is 15.6. The quantitative estimate of drug-likeness (QED) is 0.0982. The molecule has 0 heterocycles. The molecule has 6 aromatic rings. The topological polar surface area (TPSA) is 77.4 Å². The fraction of sp³-hybridized carbons (Fsp3) is 0.283. The molecule has 8 rings (SSSR count). The van der Waals surface area contributed by atoms with Gasteiger partial charge in [-0.15, -0.1) is 0 Å². The monoisotopic (exact) mass is 858 g/mol. The summed E-state index contributed by atoms with van der Waals surface area (Å²) >= 11 is 0. The molecule has 0 aliphatic heterocycles. The van der Waals surface area contributed by atoms with E-state index in [1.807, 2.05) is 48.5 Å². The summed E-state index contributed by atoms with van der Waals surface area (Å²) in [4.78, 5) is 16.6. The van der Waals surface area contributed by atoms with Gasteiger partial charge in [0, 0.05) is 20.2 Å². The van der Waals surface area contributed by atoms with Crippen LogP contribution in [0, 0.1) is 11.6 Å². The van der Waals surface area contributed by atoms with Gasteiger partial charge in [0.1, 0.15) is 29.7 Å². The van der Waals surface area contributed by atoms with E-state index in [2.05, 4.69) is 42.5 Å². The Morgan fingerprint density at radius 1 is 0.730 bits per heavy atom. The molecule has 3 radical (unpaired) electrons. The Kier molecular flexibility index (Phi) is 19.8. The van der Waals surface area contributed by atoms with E-state index in [1.54, 1.807) is 44.2 Å². The first-order chi connectivity index (χ1) is 29.2. The van der Waals surface area contributed by atoms with Crippen LogP contribution in [-0.4, -0.2) is 51.1 Å². The first-order valence-electron chi connectivity index (χ1n) is 20.8. The Morgan fingerprint density at radius 3 is 2.03 bits per heavy atom. The predicted octanol–water partition coefficient (Wildman–Crippen LogP) is 9.18. The molecular weight excluding hydrogens is 802 g/mol. The first kappa shape index (κ1) is 50.6.